The normalized spacial score (nSPS) is 10.1. The van der Waals surface area contributed by atoms with Crippen molar-refractivity contribution in [1.82, 2.24) is 0 Å². The molecule has 104 valence electrons. The fourth-order valence-electron chi connectivity index (χ4n) is 1.76. The summed E-state index contributed by atoms with van der Waals surface area (Å²) in [7, 11) is 1.47. The number of carboxylic acids is 1. The zero-order valence-corrected chi connectivity index (χ0v) is 11.0. The van der Waals surface area contributed by atoms with Crippen molar-refractivity contribution in [3.05, 3.63) is 53.6 Å². The van der Waals surface area contributed by atoms with Gasteiger partial charge in [-0.3, -0.25) is 0 Å². The summed E-state index contributed by atoms with van der Waals surface area (Å²) in [6.07, 6.45) is 0. The molecule has 0 bridgehead atoms. The Labute approximate surface area is 116 Å². The summed E-state index contributed by atoms with van der Waals surface area (Å²) in [5, 5.41) is 9.17. The first-order valence-corrected chi connectivity index (χ1v) is 5.99. The number of nitrogens with two attached hydrogens (primary N) is 1. The van der Waals surface area contributed by atoms with E-state index in [1.807, 2.05) is 12.1 Å². The second-order valence-corrected chi connectivity index (χ2v) is 4.17. The van der Waals surface area contributed by atoms with Crippen LogP contribution in [0.25, 0.3) is 0 Å². The van der Waals surface area contributed by atoms with Gasteiger partial charge in [-0.15, -0.1) is 0 Å². The molecule has 20 heavy (non-hydrogen) atoms. The summed E-state index contributed by atoms with van der Waals surface area (Å²) in [6, 6.07) is 11.9. The molecule has 0 heterocycles. The second kappa shape index (κ2) is 5.97. The first-order valence-electron chi connectivity index (χ1n) is 5.99. The molecule has 5 nitrogen and oxygen atoms in total. The molecule has 0 fully saturated rings. The largest absolute Gasteiger partial charge is 0.493 e. The van der Waals surface area contributed by atoms with Gasteiger partial charge in [0.05, 0.1) is 7.11 Å². The summed E-state index contributed by atoms with van der Waals surface area (Å²) in [5.41, 5.74) is 7.23. The molecule has 0 saturated heterocycles. The van der Waals surface area contributed by atoms with Gasteiger partial charge < -0.3 is 20.3 Å². The van der Waals surface area contributed by atoms with Crippen LogP contribution >= 0.6 is 0 Å². The highest BCUT2D eigenvalue weighted by Gasteiger charge is 2.16. The molecule has 0 amide bonds. The van der Waals surface area contributed by atoms with Crippen molar-refractivity contribution in [2.75, 3.05) is 12.8 Å². The van der Waals surface area contributed by atoms with Crippen molar-refractivity contribution in [2.45, 2.75) is 6.61 Å². The van der Waals surface area contributed by atoms with Gasteiger partial charge in [0.25, 0.3) is 0 Å². The molecule has 0 saturated carbocycles. The van der Waals surface area contributed by atoms with Crippen LogP contribution in [0.1, 0.15) is 15.9 Å². The monoisotopic (exact) mass is 273 g/mol. The van der Waals surface area contributed by atoms with Gasteiger partial charge in [0, 0.05) is 5.69 Å². The molecule has 0 aromatic heterocycles. The van der Waals surface area contributed by atoms with Crippen LogP contribution in [0.2, 0.25) is 0 Å². The first kappa shape index (κ1) is 13.7. The summed E-state index contributed by atoms with van der Waals surface area (Å²) >= 11 is 0. The van der Waals surface area contributed by atoms with Crippen molar-refractivity contribution < 1.29 is 19.4 Å². The maximum absolute atomic E-state index is 11.2. The number of methoxy groups -OCH3 is 1. The number of carbonyl (C=O) groups is 1. The first-order chi connectivity index (χ1) is 9.61. The molecule has 3 N–H and O–H groups in total. The Morgan fingerprint density at radius 2 is 1.90 bits per heavy atom. The van der Waals surface area contributed by atoms with E-state index in [-0.39, 0.29) is 17.9 Å². The van der Waals surface area contributed by atoms with Crippen LogP contribution in [-0.2, 0) is 6.61 Å². The zero-order valence-electron chi connectivity index (χ0n) is 11.0. The van der Waals surface area contributed by atoms with Crippen LogP contribution in [0.3, 0.4) is 0 Å². The third kappa shape index (κ3) is 3.00. The number of aromatic carboxylic acids is 1. The van der Waals surface area contributed by atoms with Gasteiger partial charge in [0.15, 0.2) is 11.5 Å². The van der Waals surface area contributed by atoms with Gasteiger partial charge in [-0.05, 0) is 29.8 Å². The summed E-state index contributed by atoms with van der Waals surface area (Å²) in [4.78, 5) is 11.2. The molecule has 0 radical (unpaired) electrons. The molecule has 0 aliphatic heterocycles. The van der Waals surface area contributed by atoms with Crippen LogP contribution in [0.15, 0.2) is 42.5 Å². The highest BCUT2D eigenvalue weighted by Crippen LogP contribution is 2.31. The maximum atomic E-state index is 11.2. The Bertz CT molecular complexity index is 608. The predicted molar refractivity (Wildman–Crippen MR) is 75.1 cm³/mol. The minimum atomic E-state index is -1.06. The third-order valence-corrected chi connectivity index (χ3v) is 2.79. The van der Waals surface area contributed by atoms with Gasteiger partial charge in [0.1, 0.15) is 12.2 Å². The van der Waals surface area contributed by atoms with Gasteiger partial charge in [-0.25, -0.2) is 4.79 Å². The third-order valence-electron chi connectivity index (χ3n) is 2.79. The number of anilines is 1. The van der Waals surface area contributed by atoms with E-state index in [4.69, 9.17) is 20.3 Å². The molecule has 0 unspecified atom stereocenters. The smallest absolute Gasteiger partial charge is 0.339 e. The lowest BCUT2D eigenvalue weighted by atomic mass is 10.2. The van der Waals surface area contributed by atoms with E-state index < -0.39 is 5.97 Å². The van der Waals surface area contributed by atoms with E-state index in [0.717, 1.165) is 5.56 Å². The SMILES string of the molecule is COc1cccc(C(=O)O)c1OCc1ccc(N)cc1. The molecule has 2 aromatic carbocycles. The number of benzene rings is 2. The molecule has 5 heteroatoms. The van der Waals surface area contributed by atoms with Crippen molar-refractivity contribution in [1.29, 1.82) is 0 Å². The lowest BCUT2D eigenvalue weighted by Crippen LogP contribution is -2.05. The molecular weight excluding hydrogens is 258 g/mol. The lowest BCUT2D eigenvalue weighted by molar-refractivity contribution is 0.0691. The lowest BCUT2D eigenvalue weighted by Gasteiger charge is -2.13. The van der Waals surface area contributed by atoms with Crippen LogP contribution in [-0.4, -0.2) is 18.2 Å². The van der Waals surface area contributed by atoms with Crippen LogP contribution in [0.4, 0.5) is 5.69 Å². The fourth-order valence-corrected chi connectivity index (χ4v) is 1.76. The minimum absolute atomic E-state index is 0.0693. The number of rotatable bonds is 5. The quantitative estimate of drug-likeness (QED) is 0.818. The fraction of sp³-hybridized carbons (Fsp3) is 0.133. The molecular formula is C15H15NO4. The number of hydrogen-bond acceptors (Lipinski definition) is 4. The summed E-state index contributed by atoms with van der Waals surface area (Å²) in [6.45, 7) is 0.237. The number of para-hydroxylation sites is 1. The number of carboxylic acid groups (broad SMARTS) is 1. The molecule has 0 spiro atoms. The van der Waals surface area contributed by atoms with Crippen molar-refractivity contribution in [3.63, 3.8) is 0 Å². The maximum Gasteiger partial charge on any atom is 0.339 e. The average Bonchev–Trinajstić information content (AvgIpc) is 2.46. The Morgan fingerprint density at radius 3 is 2.50 bits per heavy atom. The van der Waals surface area contributed by atoms with Crippen LogP contribution in [0.5, 0.6) is 11.5 Å². The van der Waals surface area contributed by atoms with Crippen molar-refractivity contribution >= 4 is 11.7 Å². The van der Waals surface area contributed by atoms with E-state index in [2.05, 4.69) is 0 Å². The van der Waals surface area contributed by atoms with Gasteiger partial charge in [0.2, 0.25) is 0 Å². The average molecular weight is 273 g/mol. The summed E-state index contributed by atoms with van der Waals surface area (Å²) < 4.78 is 10.7. The van der Waals surface area contributed by atoms with E-state index in [0.29, 0.717) is 11.4 Å². The van der Waals surface area contributed by atoms with Crippen molar-refractivity contribution in [3.8, 4) is 11.5 Å². The van der Waals surface area contributed by atoms with Gasteiger partial charge in [-0.1, -0.05) is 18.2 Å². The van der Waals surface area contributed by atoms with E-state index in [1.165, 1.54) is 13.2 Å². The number of ether oxygens (including phenoxy) is 2. The highest BCUT2D eigenvalue weighted by molar-refractivity contribution is 5.92. The molecule has 0 aliphatic rings. The predicted octanol–water partition coefficient (Wildman–Crippen LogP) is 2.55. The Kier molecular flexibility index (Phi) is 4.10. The van der Waals surface area contributed by atoms with Gasteiger partial charge in [-0.2, -0.15) is 0 Å². The van der Waals surface area contributed by atoms with E-state index >= 15 is 0 Å². The summed E-state index contributed by atoms with van der Waals surface area (Å²) in [5.74, 6) is -0.448. The molecule has 2 aromatic rings. The molecule has 0 aliphatic carbocycles. The molecule has 2 rings (SSSR count). The Balaban J connectivity index is 2.23. The van der Waals surface area contributed by atoms with Crippen LogP contribution in [0, 0.1) is 0 Å². The molecule has 0 atom stereocenters. The highest BCUT2D eigenvalue weighted by atomic mass is 16.5. The topological polar surface area (TPSA) is 81.8 Å². The van der Waals surface area contributed by atoms with E-state index in [9.17, 15) is 4.79 Å². The van der Waals surface area contributed by atoms with Crippen molar-refractivity contribution in [2.24, 2.45) is 0 Å². The Hall–Kier alpha value is -2.69. The van der Waals surface area contributed by atoms with E-state index in [1.54, 1.807) is 24.3 Å². The standard InChI is InChI=1S/C15H15NO4/c1-19-13-4-2-3-12(15(17)18)14(13)20-9-10-5-7-11(16)8-6-10/h2-8H,9,16H2,1H3,(H,17,18). The van der Waals surface area contributed by atoms with Crippen LogP contribution < -0.4 is 15.2 Å². The zero-order chi connectivity index (χ0) is 14.5. The second-order valence-electron chi connectivity index (χ2n) is 4.17. The number of nitrogen functional groups attached to an aromatic ring is 1. The Morgan fingerprint density at radius 1 is 1.20 bits per heavy atom. The van der Waals surface area contributed by atoms with Gasteiger partial charge >= 0.3 is 5.97 Å². The number of hydrogen-bond donors (Lipinski definition) is 2. The minimum Gasteiger partial charge on any atom is -0.493 e.